The third-order valence-electron chi connectivity index (χ3n) is 4.52. The van der Waals surface area contributed by atoms with Gasteiger partial charge in [-0.3, -0.25) is 0 Å². The zero-order chi connectivity index (χ0) is 15.8. The predicted molar refractivity (Wildman–Crippen MR) is 98.7 cm³/mol. The van der Waals surface area contributed by atoms with Gasteiger partial charge in [0.25, 0.3) is 0 Å². The van der Waals surface area contributed by atoms with Crippen LogP contribution >= 0.6 is 0 Å². The normalized spacial score (nSPS) is 19.6. The lowest BCUT2D eigenvalue weighted by atomic mass is 9.86. The van der Waals surface area contributed by atoms with Crippen LogP contribution in [0, 0.1) is 11.8 Å². The zero-order valence-electron chi connectivity index (χ0n) is 15.1. The van der Waals surface area contributed by atoms with E-state index in [2.05, 4.69) is 18.7 Å². The Labute approximate surface area is 135 Å². The molecular formula is C21H40. The van der Waals surface area contributed by atoms with E-state index in [1.165, 1.54) is 77.0 Å². The SMILES string of the molecule is C(=C\C1CCCC1)/CCCC1CCCCC1.C=CC.CC. The highest BCUT2D eigenvalue weighted by atomic mass is 14.2. The Morgan fingerprint density at radius 3 is 2.00 bits per heavy atom. The van der Waals surface area contributed by atoms with Crippen LogP contribution in [0.15, 0.2) is 24.8 Å². The van der Waals surface area contributed by atoms with Crippen LogP contribution in [0.2, 0.25) is 0 Å². The van der Waals surface area contributed by atoms with Gasteiger partial charge in [0.2, 0.25) is 0 Å². The van der Waals surface area contributed by atoms with Crippen LogP contribution < -0.4 is 0 Å². The van der Waals surface area contributed by atoms with Crippen LogP contribution in [-0.2, 0) is 0 Å². The molecule has 0 aromatic heterocycles. The van der Waals surface area contributed by atoms with Crippen LogP contribution in [0.1, 0.15) is 97.8 Å². The lowest BCUT2D eigenvalue weighted by Gasteiger charge is -2.20. The lowest BCUT2D eigenvalue weighted by Crippen LogP contribution is -2.05. The Morgan fingerprint density at radius 2 is 1.43 bits per heavy atom. The summed E-state index contributed by atoms with van der Waals surface area (Å²) >= 11 is 0. The number of hydrogen-bond donors (Lipinski definition) is 0. The third kappa shape index (κ3) is 11.8. The van der Waals surface area contributed by atoms with Crippen molar-refractivity contribution >= 4 is 0 Å². The molecular weight excluding hydrogens is 252 g/mol. The zero-order valence-corrected chi connectivity index (χ0v) is 15.1. The molecule has 0 aliphatic heterocycles. The fourth-order valence-corrected chi connectivity index (χ4v) is 3.44. The molecule has 2 fully saturated rings. The molecule has 0 nitrogen and oxygen atoms in total. The predicted octanol–water partition coefficient (Wildman–Crippen LogP) is 7.70. The average Bonchev–Trinajstić information content (AvgIpc) is 3.04. The van der Waals surface area contributed by atoms with Crippen LogP contribution in [0.3, 0.4) is 0 Å². The minimum atomic E-state index is 0.940. The van der Waals surface area contributed by atoms with Crippen LogP contribution in [0.4, 0.5) is 0 Å². The van der Waals surface area contributed by atoms with Crippen molar-refractivity contribution in [3.63, 3.8) is 0 Å². The molecule has 0 unspecified atom stereocenters. The number of hydrogen-bond acceptors (Lipinski definition) is 0. The largest absolute Gasteiger partial charge is 0.103 e. The molecule has 0 saturated heterocycles. The Balaban J connectivity index is 0.000000713. The van der Waals surface area contributed by atoms with Crippen LogP contribution in [0.5, 0.6) is 0 Å². The minimum Gasteiger partial charge on any atom is -0.103 e. The van der Waals surface area contributed by atoms with E-state index in [-0.39, 0.29) is 0 Å². The van der Waals surface area contributed by atoms with Gasteiger partial charge >= 0.3 is 0 Å². The van der Waals surface area contributed by atoms with Gasteiger partial charge in [-0.2, -0.15) is 0 Å². The van der Waals surface area contributed by atoms with Gasteiger partial charge in [0.05, 0.1) is 0 Å². The first-order chi connectivity index (χ1) is 10.4. The van der Waals surface area contributed by atoms with E-state index < -0.39 is 0 Å². The second-order valence-corrected chi connectivity index (χ2v) is 6.32. The maximum atomic E-state index is 3.36. The van der Waals surface area contributed by atoms with Crippen molar-refractivity contribution in [2.75, 3.05) is 0 Å². The van der Waals surface area contributed by atoms with E-state index in [4.69, 9.17) is 0 Å². The topological polar surface area (TPSA) is 0 Å². The van der Waals surface area contributed by atoms with E-state index in [1.807, 2.05) is 20.8 Å². The molecule has 0 bridgehead atoms. The summed E-state index contributed by atoms with van der Waals surface area (Å²) in [7, 11) is 0. The fourth-order valence-electron chi connectivity index (χ4n) is 3.44. The number of allylic oxidation sites excluding steroid dienone is 3. The highest BCUT2D eigenvalue weighted by Gasteiger charge is 2.12. The van der Waals surface area contributed by atoms with Gasteiger partial charge in [-0.15, -0.1) is 6.58 Å². The fraction of sp³-hybridized carbons (Fsp3) is 0.810. The quantitative estimate of drug-likeness (QED) is 0.359. The summed E-state index contributed by atoms with van der Waals surface area (Å²) in [4.78, 5) is 0. The first-order valence-corrected chi connectivity index (χ1v) is 9.60. The molecule has 0 heterocycles. The smallest absolute Gasteiger partial charge is 0.0234 e. The molecule has 0 atom stereocenters. The maximum absolute atomic E-state index is 3.36. The van der Waals surface area contributed by atoms with E-state index >= 15 is 0 Å². The van der Waals surface area contributed by atoms with Crippen molar-refractivity contribution in [2.45, 2.75) is 97.8 Å². The summed E-state index contributed by atoms with van der Waals surface area (Å²) in [5, 5.41) is 0. The van der Waals surface area contributed by atoms with Gasteiger partial charge in [0, 0.05) is 0 Å². The second kappa shape index (κ2) is 15.9. The van der Waals surface area contributed by atoms with E-state index in [0.29, 0.717) is 0 Å². The Hall–Kier alpha value is -0.520. The van der Waals surface area contributed by atoms with Crippen LogP contribution in [-0.4, -0.2) is 0 Å². The van der Waals surface area contributed by atoms with E-state index in [9.17, 15) is 0 Å². The molecule has 0 N–H and O–H groups in total. The number of unbranched alkanes of at least 4 members (excludes halogenated alkanes) is 1. The summed E-state index contributed by atoms with van der Waals surface area (Å²) in [6.07, 6.45) is 24.4. The second-order valence-electron chi connectivity index (χ2n) is 6.32. The molecule has 0 heteroatoms. The molecule has 2 aliphatic rings. The molecule has 21 heavy (non-hydrogen) atoms. The van der Waals surface area contributed by atoms with Crippen molar-refractivity contribution in [1.82, 2.24) is 0 Å². The molecule has 2 saturated carbocycles. The van der Waals surface area contributed by atoms with E-state index in [1.54, 1.807) is 6.08 Å². The average molecular weight is 293 g/mol. The molecule has 0 aromatic carbocycles. The van der Waals surface area contributed by atoms with Crippen molar-refractivity contribution in [2.24, 2.45) is 11.8 Å². The highest BCUT2D eigenvalue weighted by Crippen LogP contribution is 2.28. The Bertz CT molecular complexity index is 226. The van der Waals surface area contributed by atoms with Gasteiger partial charge < -0.3 is 0 Å². The van der Waals surface area contributed by atoms with Gasteiger partial charge in [0.1, 0.15) is 0 Å². The molecule has 2 aliphatic carbocycles. The first kappa shape index (κ1) is 20.5. The highest BCUT2D eigenvalue weighted by molar-refractivity contribution is 4.90. The first-order valence-electron chi connectivity index (χ1n) is 9.60. The molecule has 124 valence electrons. The summed E-state index contributed by atoms with van der Waals surface area (Å²) in [5.41, 5.74) is 0. The standard InChI is InChI=1S/C16H28.C3H6.C2H6/c1-3-9-15(10-4-1)11-5-2-6-12-16-13-7-8-14-16;1-3-2;1-2/h6,12,15-16H,1-5,7-11,13-14H2;3H,1H2,2H3;1-2H3/b12-6+;;. The molecule has 0 aromatic rings. The van der Waals surface area contributed by atoms with Crippen molar-refractivity contribution in [3.05, 3.63) is 24.8 Å². The Kier molecular flexibility index (Phi) is 15.5. The minimum absolute atomic E-state index is 0.940. The molecule has 0 radical (unpaired) electrons. The molecule has 2 rings (SSSR count). The van der Waals surface area contributed by atoms with E-state index in [0.717, 1.165) is 11.8 Å². The summed E-state index contributed by atoms with van der Waals surface area (Å²) in [5.74, 6) is 2.02. The summed E-state index contributed by atoms with van der Waals surface area (Å²) in [6.45, 7) is 9.25. The lowest BCUT2D eigenvalue weighted by molar-refractivity contribution is 0.333. The monoisotopic (exact) mass is 292 g/mol. The van der Waals surface area contributed by atoms with Gasteiger partial charge in [-0.1, -0.05) is 83.4 Å². The van der Waals surface area contributed by atoms with Gasteiger partial charge in [-0.25, -0.2) is 0 Å². The van der Waals surface area contributed by atoms with Crippen molar-refractivity contribution < 1.29 is 0 Å². The number of rotatable bonds is 5. The Morgan fingerprint density at radius 1 is 0.905 bits per heavy atom. The van der Waals surface area contributed by atoms with Crippen molar-refractivity contribution in [3.8, 4) is 0 Å². The molecule has 0 spiro atoms. The summed E-state index contributed by atoms with van der Waals surface area (Å²) < 4.78 is 0. The van der Waals surface area contributed by atoms with Gasteiger partial charge in [-0.05, 0) is 44.4 Å². The van der Waals surface area contributed by atoms with Gasteiger partial charge in [0.15, 0.2) is 0 Å². The maximum Gasteiger partial charge on any atom is -0.0234 e. The molecule has 0 amide bonds. The third-order valence-corrected chi connectivity index (χ3v) is 4.52. The van der Waals surface area contributed by atoms with Crippen LogP contribution in [0.25, 0.3) is 0 Å². The summed E-state index contributed by atoms with van der Waals surface area (Å²) in [6, 6.07) is 0. The van der Waals surface area contributed by atoms with Crippen molar-refractivity contribution in [1.29, 1.82) is 0 Å².